The smallest absolute Gasteiger partial charge is 0.135 e. The monoisotopic (exact) mass is 1890 g/mol. The molecule has 0 atom stereocenters. The Morgan fingerprint density at radius 1 is 0.255 bits per heavy atom. The van der Waals surface area contributed by atoms with Crippen molar-refractivity contribution in [2.45, 2.75) is 130 Å². The minimum atomic E-state index is -0.181. The number of halogens is 1. The fraction of sp³-hybridized carbons (Fsp3) is 0.169. The van der Waals surface area contributed by atoms with Crippen molar-refractivity contribution in [2.75, 3.05) is 0 Å². The summed E-state index contributed by atoms with van der Waals surface area (Å²) in [5, 5.41) is 2.49. The number of benzene rings is 12. The molecular formula is C124H107FN20. The van der Waals surface area contributed by atoms with Crippen LogP contribution in [0.15, 0.2) is 396 Å². The quantitative estimate of drug-likeness (QED) is 0.0578. The van der Waals surface area contributed by atoms with E-state index in [0.29, 0.717) is 11.1 Å². The van der Waals surface area contributed by atoms with Crippen LogP contribution in [-0.4, -0.2) is 103 Å². The molecule has 145 heavy (non-hydrogen) atoms. The summed E-state index contributed by atoms with van der Waals surface area (Å²) in [6, 6.07) is 97.2. The predicted molar refractivity (Wildman–Crippen MR) is 589 cm³/mol. The zero-order valence-corrected chi connectivity index (χ0v) is 81.6. The molecule has 12 aromatic carbocycles. The third-order valence-electron chi connectivity index (χ3n) is 26.1. The average molecular weight is 1900 g/mol. The lowest BCUT2D eigenvalue weighted by atomic mass is 10.1. The average Bonchev–Trinajstić information content (AvgIpc) is 1.62. The molecule has 0 saturated carbocycles. The highest BCUT2D eigenvalue weighted by Crippen LogP contribution is 2.34. The highest BCUT2D eigenvalue weighted by Gasteiger charge is 2.21. The van der Waals surface area contributed by atoms with Crippen molar-refractivity contribution in [2.24, 2.45) is 32.0 Å². The third kappa shape index (κ3) is 24.2. The molecule has 0 unspecified atom stereocenters. The largest absolute Gasteiger partial charge is 0.331 e. The van der Waals surface area contributed by atoms with Gasteiger partial charge in [-0.25, -0.2) is 39.3 Å². The molecule has 710 valence electrons. The molecular weight excluding hydrogens is 1790 g/mol. The Morgan fingerprint density at radius 3 is 0.986 bits per heavy atom. The number of hydrogen-bond acceptors (Lipinski definition) is 19. The lowest BCUT2D eigenvalue weighted by Crippen LogP contribution is -2.02. The van der Waals surface area contributed by atoms with Gasteiger partial charge in [-0.05, 0) is 217 Å². The summed E-state index contributed by atoms with van der Waals surface area (Å²) in [5.41, 5.74) is 39.1. The maximum absolute atomic E-state index is 14.3. The van der Waals surface area contributed by atoms with Gasteiger partial charge in [0.1, 0.15) is 11.6 Å². The van der Waals surface area contributed by atoms with Crippen LogP contribution >= 0.6 is 0 Å². The van der Waals surface area contributed by atoms with Gasteiger partial charge >= 0.3 is 0 Å². The number of fused-ring (bicyclic) bond motifs is 9. The van der Waals surface area contributed by atoms with Crippen molar-refractivity contribution in [1.82, 2.24) is 74.3 Å². The molecule has 5 aliphatic heterocycles. The highest BCUT2D eigenvalue weighted by atomic mass is 19.1. The SMILES string of the molecule is C1=C(c2ccccc2)N=C(CCc2cnc3ccccc3n2)C1.C1=C(c2ccncc2)N=C(CCc2cnc3ccccc3n2)C1.Cc1cccc(C2=CCC(CCc3cnc4ccccc4n3)=N2)c1.Cc1cccc(C2=CCC(CCc3cnc4ccccc4n3)=N2)c1F.Cc1ccccc1C1=CCC(CCc2cnc3ccccc3n2)=N1.Cn1c(CCc2cnc3ccccc3n2)nc2ccc3ccccc3c21. The first-order valence-electron chi connectivity index (χ1n) is 49.6. The highest BCUT2D eigenvalue weighted by molar-refractivity contribution is 6.05. The molecule has 0 N–H and O–H groups in total. The van der Waals surface area contributed by atoms with Gasteiger partial charge in [-0.1, -0.05) is 224 Å². The van der Waals surface area contributed by atoms with E-state index < -0.39 is 0 Å². The van der Waals surface area contributed by atoms with E-state index in [1.165, 1.54) is 67.0 Å². The Balaban J connectivity index is 0.000000106. The molecule has 25 rings (SSSR count). The van der Waals surface area contributed by atoms with Gasteiger partial charge in [0.2, 0.25) is 0 Å². The first kappa shape index (κ1) is 95.1. The van der Waals surface area contributed by atoms with E-state index in [4.69, 9.17) is 39.9 Å². The molecule has 0 spiro atoms. The van der Waals surface area contributed by atoms with E-state index in [-0.39, 0.29) is 5.82 Å². The normalized spacial score (nSPS) is 13.5. The molecule has 0 aliphatic carbocycles. The van der Waals surface area contributed by atoms with Gasteiger partial charge in [0.05, 0.1) is 140 Å². The molecule has 5 aliphatic rings. The fourth-order valence-electron chi connectivity index (χ4n) is 18.2. The second kappa shape index (κ2) is 45.9. The minimum absolute atomic E-state index is 0.181. The van der Waals surface area contributed by atoms with Crippen LogP contribution < -0.4 is 0 Å². The topological polar surface area (TPSA) is 247 Å². The summed E-state index contributed by atoms with van der Waals surface area (Å²) < 4.78 is 16.5. The number of pyridine rings is 1. The van der Waals surface area contributed by atoms with Crippen molar-refractivity contribution in [3.63, 3.8) is 0 Å². The van der Waals surface area contributed by atoms with E-state index in [1.54, 1.807) is 31.5 Å². The van der Waals surface area contributed by atoms with Crippen molar-refractivity contribution in [1.29, 1.82) is 0 Å². The molecule has 21 heteroatoms. The Kier molecular flexibility index (Phi) is 30.1. The second-order valence-electron chi connectivity index (χ2n) is 36.4. The predicted octanol–water partition coefficient (Wildman–Crippen LogP) is 27.2. The molecule has 0 bridgehead atoms. The molecule has 13 heterocycles. The van der Waals surface area contributed by atoms with E-state index in [0.717, 1.165) is 261 Å². The molecule has 0 amide bonds. The number of allylic oxidation sites excluding steroid dienone is 5. The number of aryl methyl sites for hydroxylation is 11. The van der Waals surface area contributed by atoms with Crippen molar-refractivity contribution in [3.05, 3.63) is 461 Å². The number of aromatic nitrogens is 15. The molecule has 0 saturated heterocycles. The van der Waals surface area contributed by atoms with Gasteiger partial charge < -0.3 is 4.57 Å². The van der Waals surface area contributed by atoms with Crippen LogP contribution in [0.3, 0.4) is 0 Å². The van der Waals surface area contributed by atoms with E-state index in [9.17, 15) is 4.39 Å². The summed E-state index contributed by atoms with van der Waals surface area (Å²) in [6.45, 7) is 6.02. The first-order valence-corrected chi connectivity index (χ1v) is 49.6. The fourth-order valence-corrected chi connectivity index (χ4v) is 18.2. The Hall–Kier alpha value is -17.5. The maximum Gasteiger partial charge on any atom is 0.135 e. The summed E-state index contributed by atoms with van der Waals surface area (Å²) in [4.78, 5) is 87.6. The maximum atomic E-state index is 14.3. The number of aliphatic imine (C=N–C) groups is 5. The van der Waals surface area contributed by atoms with E-state index >= 15 is 0 Å². The third-order valence-corrected chi connectivity index (χ3v) is 26.1. The Morgan fingerprint density at radius 2 is 0.572 bits per heavy atom. The first-order chi connectivity index (χ1) is 71.3. The lowest BCUT2D eigenvalue weighted by molar-refractivity contribution is 0.614. The van der Waals surface area contributed by atoms with Crippen LogP contribution in [0.5, 0.6) is 0 Å². The molecule has 20 aromatic rings. The van der Waals surface area contributed by atoms with Gasteiger partial charge in [0.25, 0.3) is 0 Å². The lowest BCUT2D eigenvalue weighted by Gasteiger charge is -2.05. The van der Waals surface area contributed by atoms with Crippen LogP contribution in [0.1, 0.15) is 149 Å². The van der Waals surface area contributed by atoms with Crippen molar-refractivity contribution in [3.8, 4) is 0 Å². The zero-order valence-electron chi connectivity index (χ0n) is 81.6. The van der Waals surface area contributed by atoms with Crippen LogP contribution in [0.4, 0.5) is 4.39 Å². The summed E-state index contributed by atoms with van der Waals surface area (Å²) in [7, 11) is 2.10. The second-order valence-corrected chi connectivity index (χ2v) is 36.4. The van der Waals surface area contributed by atoms with Gasteiger partial charge in [-0.2, -0.15) is 0 Å². The van der Waals surface area contributed by atoms with Crippen LogP contribution in [0.25, 0.3) is 116 Å². The Bertz CT molecular complexity index is 8350. The van der Waals surface area contributed by atoms with E-state index in [2.05, 4.69) is 202 Å². The zero-order chi connectivity index (χ0) is 98.4. The van der Waals surface area contributed by atoms with Crippen molar-refractivity contribution >= 4 is 145 Å². The van der Waals surface area contributed by atoms with Crippen LogP contribution in [0, 0.1) is 26.6 Å². The number of nitrogens with zero attached hydrogens (tertiary/aromatic N) is 20. The van der Waals surface area contributed by atoms with Gasteiger partial charge in [-0.3, -0.25) is 59.8 Å². The summed E-state index contributed by atoms with van der Waals surface area (Å²) >= 11 is 0. The van der Waals surface area contributed by atoms with Gasteiger partial charge in [0, 0.05) is 151 Å². The number of para-hydroxylation sites is 12. The van der Waals surface area contributed by atoms with Crippen LogP contribution in [0.2, 0.25) is 0 Å². The standard InChI is InChI=1S/C22H18N4.C21H18FN3.2C21H19N3.C20H17N3.C19H16N4/c1-26-21(13-11-16-14-23-18-8-4-5-9-19(18)24-16)25-20-12-10-15-6-2-3-7-17(15)22(20)26;1-14-5-4-6-17(21(14)22)18-12-11-15(24-18)9-10-16-13-23-19-7-2-3-8-20(19)25-16;1-15-5-4-6-16(13-15)19-12-11-17(23-19)9-10-18-14-22-20-7-2-3-8-21(20)24-18;1-15-6-2-3-7-18(15)19-13-12-16(23-19)10-11-17-14-22-20-8-4-5-9-21(20)24-17;1-2-6-15(7-3-1)18-13-12-16(22-18)10-11-17-14-21-19-8-4-5-9-20(19)23-17;1-2-4-19-18(3-1)21-13-16(23-19)6-5-15-7-8-17(22-15)14-9-11-20-12-10-14/h2-10,12,14H,11,13H2,1H3;2-8,12-13H,9-11H2,1H3;2-8,12-14H,9-11H2,1H3;2-9,13-14H,10-12H2,1H3;1-9,13-14H,10-12H2;1-4,8-13H,5-7H2. The van der Waals surface area contributed by atoms with Gasteiger partial charge in [0.15, 0.2) is 0 Å². The molecule has 0 fully saturated rings. The molecule has 8 aromatic heterocycles. The summed E-state index contributed by atoms with van der Waals surface area (Å²) in [5.74, 6) is 0.894. The molecule has 0 radical (unpaired) electrons. The van der Waals surface area contributed by atoms with E-state index in [1.807, 2.05) is 225 Å². The summed E-state index contributed by atoms with van der Waals surface area (Å²) in [6.07, 6.45) is 40.6. The van der Waals surface area contributed by atoms with Gasteiger partial charge in [-0.15, -0.1) is 0 Å². The molecule has 20 nitrogen and oxygen atoms in total. The Labute approximate surface area is 841 Å². The minimum Gasteiger partial charge on any atom is -0.331 e. The number of hydrogen-bond donors (Lipinski definition) is 0. The number of imidazole rings is 1. The van der Waals surface area contributed by atoms with Crippen molar-refractivity contribution < 1.29 is 4.39 Å². The van der Waals surface area contributed by atoms with Crippen LogP contribution in [-0.2, 0) is 52.0 Å². The number of rotatable bonds is 23.